The lowest BCUT2D eigenvalue weighted by atomic mass is 10.1. The second kappa shape index (κ2) is 6.33. The van der Waals surface area contributed by atoms with Gasteiger partial charge < -0.3 is 4.74 Å². The molecular weight excluding hydrogens is 224 g/mol. The summed E-state index contributed by atoms with van der Waals surface area (Å²) in [4.78, 5) is 11.1. The molecule has 2 nitrogen and oxygen atoms in total. The van der Waals surface area contributed by atoms with Crippen molar-refractivity contribution in [1.29, 1.82) is 0 Å². The highest BCUT2D eigenvalue weighted by molar-refractivity contribution is 6.34. The normalized spacial score (nSPS) is 9.88. The van der Waals surface area contributed by atoms with Crippen molar-refractivity contribution in [1.82, 2.24) is 0 Å². The molecular formula is C13H15ClO2. The minimum Gasteiger partial charge on any atom is -0.494 e. The number of hydrogen-bond donors (Lipinski definition) is 0. The molecule has 0 saturated heterocycles. The number of allylic oxidation sites excluding steroid dienone is 1. The Morgan fingerprint density at radius 2 is 2.31 bits per heavy atom. The molecule has 0 aliphatic heterocycles. The summed E-state index contributed by atoms with van der Waals surface area (Å²) in [5.74, 6) is 0.655. The van der Waals surface area contributed by atoms with Crippen LogP contribution in [0.15, 0.2) is 30.9 Å². The average Bonchev–Trinajstić information content (AvgIpc) is 2.24. The highest BCUT2D eigenvalue weighted by atomic mass is 35.5. The Labute approximate surface area is 101 Å². The van der Waals surface area contributed by atoms with Crippen molar-refractivity contribution in [3.05, 3.63) is 41.4 Å². The van der Waals surface area contributed by atoms with Crippen molar-refractivity contribution in [2.45, 2.75) is 19.8 Å². The zero-order chi connectivity index (χ0) is 12.0. The first kappa shape index (κ1) is 12.8. The summed E-state index contributed by atoms with van der Waals surface area (Å²) in [6.07, 6.45) is 3.71. The van der Waals surface area contributed by atoms with E-state index in [0.29, 0.717) is 22.9 Å². The molecule has 1 aromatic rings. The molecule has 0 aromatic heterocycles. The van der Waals surface area contributed by atoms with E-state index >= 15 is 0 Å². The maximum atomic E-state index is 11.1. The number of ether oxygens (including phenoxy) is 1. The standard InChI is InChI=1S/C13H15ClO2/c1-3-4-5-8-16-11-6-7-12(10(2)15)13(14)9-11/h3,6-7,9H,1,4-5,8H2,2H3. The number of Topliss-reactive ketones (excluding diaryl/α,β-unsaturated/α-hetero) is 1. The topological polar surface area (TPSA) is 26.3 Å². The van der Waals surface area contributed by atoms with Crippen LogP contribution in [0.25, 0.3) is 0 Å². The van der Waals surface area contributed by atoms with Crippen LogP contribution in [0.5, 0.6) is 5.75 Å². The second-order valence-corrected chi connectivity index (χ2v) is 3.88. The Bertz CT molecular complexity index is 386. The molecule has 0 aliphatic carbocycles. The van der Waals surface area contributed by atoms with Gasteiger partial charge in [-0.1, -0.05) is 17.7 Å². The van der Waals surface area contributed by atoms with E-state index in [1.165, 1.54) is 6.92 Å². The fraction of sp³-hybridized carbons (Fsp3) is 0.308. The van der Waals surface area contributed by atoms with Gasteiger partial charge in [0.15, 0.2) is 5.78 Å². The molecule has 0 saturated carbocycles. The summed E-state index contributed by atoms with van der Waals surface area (Å²) < 4.78 is 5.48. The van der Waals surface area contributed by atoms with Crippen LogP contribution in [0.1, 0.15) is 30.1 Å². The van der Waals surface area contributed by atoms with E-state index in [9.17, 15) is 4.79 Å². The van der Waals surface area contributed by atoms with Gasteiger partial charge >= 0.3 is 0 Å². The number of rotatable bonds is 6. The van der Waals surface area contributed by atoms with Crippen molar-refractivity contribution in [2.24, 2.45) is 0 Å². The number of unbranched alkanes of at least 4 members (excludes halogenated alkanes) is 1. The van der Waals surface area contributed by atoms with Gasteiger partial charge in [-0.3, -0.25) is 4.79 Å². The Balaban J connectivity index is 2.59. The van der Waals surface area contributed by atoms with E-state index in [-0.39, 0.29) is 5.78 Å². The monoisotopic (exact) mass is 238 g/mol. The van der Waals surface area contributed by atoms with Crippen molar-refractivity contribution in [3.8, 4) is 5.75 Å². The summed E-state index contributed by atoms with van der Waals surface area (Å²) in [6, 6.07) is 5.12. The summed E-state index contributed by atoms with van der Waals surface area (Å²) >= 11 is 5.95. The smallest absolute Gasteiger partial charge is 0.161 e. The zero-order valence-electron chi connectivity index (χ0n) is 9.33. The van der Waals surface area contributed by atoms with Crippen LogP contribution < -0.4 is 4.74 Å². The summed E-state index contributed by atoms with van der Waals surface area (Å²) in [5, 5.41) is 0.439. The van der Waals surface area contributed by atoms with Crippen molar-refractivity contribution in [3.63, 3.8) is 0 Å². The van der Waals surface area contributed by atoms with Crippen LogP contribution in [0, 0.1) is 0 Å². The number of halogens is 1. The SMILES string of the molecule is C=CCCCOc1ccc(C(C)=O)c(Cl)c1. The van der Waals surface area contributed by atoms with Crippen molar-refractivity contribution in [2.75, 3.05) is 6.61 Å². The van der Waals surface area contributed by atoms with Gasteiger partial charge in [-0.25, -0.2) is 0 Å². The van der Waals surface area contributed by atoms with Crippen LogP contribution >= 0.6 is 11.6 Å². The molecule has 0 fully saturated rings. The largest absolute Gasteiger partial charge is 0.494 e. The Kier molecular flexibility index (Phi) is 5.06. The fourth-order valence-corrected chi connectivity index (χ4v) is 1.59. The molecule has 0 amide bonds. The van der Waals surface area contributed by atoms with Crippen LogP contribution in [0.4, 0.5) is 0 Å². The van der Waals surface area contributed by atoms with E-state index in [1.807, 2.05) is 6.08 Å². The Morgan fingerprint density at radius 3 is 2.88 bits per heavy atom. The minimum absolute atomic E-state index is 0.0387. The highest BCUT2D eigenvalue weighted by Gasteiger charge is 2.06. The van der Waals surface area contributed by atoms with Crippen LogP contribution in [0.2, 0.25) is 5.02 Å². The molecule has 0 aliphatic rings. The first-order valence-corrected chi connectivity index (χ1v) is 5.57. The lowest BCUT2D eigenvalue weighted by Crippen LogP contribution is -1.98. The molecule has 0 heterocycles. The number of ketones is 1. The van der Waals surface area contributed by atoms with Gasteiger partial charge in [-0.2, -0.15) is 0 Å². The summed E-state index contributed by atoms with van der Waals surface area (Å²) in [6.45, 7) is 5.75. The number of carbonyl (C=O) groups is 1. The molecule has 0 N–H and O–H groups in total. The predicted octanol–water partition coefficient (Wildman–Crippen LogP) is 3.89. The summed E-state index contributed by atoms with van der Waals surface area (Å²) in [5.41, 5.74) is 0.528. The van der Waals surface area contributed by atoms with E-state index < -0.39 is 0 Å². The molecule has 1 rings (SSSR count). The minimum atomic E-state index is -0.0387. The molecule has 16 heavy (non-hydrogen) atoms. The number of hydrogen-bond acceptors (Lipinski definition) is 2. The molecule has 3 heteroatoms. The van der Waals surface area contributed by atoms with Crippen molar-refractivity contribution >= 4 is 17.4 Å². The molecule has 0 atom stereocenters. The number of benzene rings is 1. The zero-order valence-corrected chi connectivity index (χ0v) is 10.1. The molecule has 86 valence electrons. The maximum absolute atomic E-state index is 11.1. The number of carbonyl (C=O) groups excluding carboxylic acids is 1. The van der Waals surface area contributed by atoms with E-state index in [1.54, 1.807) is 18.2 Å². The molecule has 0 unspecified atom stereocenters. The van der Waals surface area contributed by atoms with E-state index in [4.69, 9.17) is 16.3 Å². The van der Waals surface area contributed by atoms with Crippen LogP contribution in [-0.4, -0.2) is 12.4 Å². The molecule has 0 spiro atoms. The van der Waals surface area contributed by atoms with Crippen molar-refractivity contribution < 1.29 is 9.53 Å². The second-order valence-electron chi connectivity index (χ2n) is 3.48. The molecule has 0 bridgehead atoms. The lowest BCUT2D eigenvalue weighted by molar-refractivity contribution is 0.101. The first-order valence-electron chi connectivity index (χ1n) is 5.19. The molecule has 0 radical (unpaired) electrons. The Hall–Kier alpha value is -1.28. The Morgan fingerprint density at radius 1 is 1.56 bits per heavy atom. The van der Waals surface area contributed by atoms with Gasteiger partial charge in [-0.05, 0) is 38.0 Å². The average molecular weight is 239 g/mol. The highest BCUT2D eigenvalue weighted by Crippen LogP contribution is 2.23. The predicted molar refractivity (Wildman–Crippen MR) is 66.4 cm³/mol. The third-order valence-corrected chi connectivity index (χ3v) is 2.45. The first-order chi connectivity index (χ1) is 7.65. The summed E-state index contributed by atoms with van der Waals surface area (Å²) in [7, 11) is 0. The van der Waals surface area contributed by atoms with Crippen LogP contribution in [-0.2, 0) is 0 Å². The van der Waals surface area contributed by atoms with Gasteiger partial charge in [0, 0.05) is 5.56 Å². The maximum Gasteiger partial charge on any atom is 0.161 e. The van der Waals surface area contributed by atoms with Gasteiger partial charge in [-0.15, -0.1) is 6.58 Å². The van der Waals surface area contributed by atoms with Gasteiger partial charge in [0.25, 0.3) is 0 Å². The van der Waals surface area contributed by atoms with E-state index in [0.717, 1.165) is 12.8 Å². The van der Waals surface area contributed by atoms with Gasteiger partial charge in [0.1, 0.15) is 5.75 Å². The quantitative estimate of drug-likeness (QED) is 0.427. The van der Waals surface area contributed by atoms with Gasteiger partial charge in [0.05, 0.1) is 11.6 Å². The third-order valence-electron chi connectivity index (χ3n) is 2.14. The fourth-order valence-electron chi connectivity index (χ4n) is 1.29. The van der Waals surface area contributed by atoms with Crippen LogP contribution in [0.3, 0.4) is 0 Å². The van der Waals surface area contributed by atoms with E-state index in [2.05, 4.69) is 6.58 Å². The molecule has 1 aromatic carbocycles. The third kappa shape index (κ3) is 3.70. The van der Waals surface area contributed by atoms with Gasteiger partial charge in [0.2, 0.25) is 0 Å². The lowest BCUT2D eigenvalue weighted by Gasteiger charge is -2.07.